The zero-order valence-electron chi connectivity index (χ0n) is 30.9. The number of benzene rings is 4. The van der Waals surface area contributed by atoms with Gasteiger partial charge in [-0.1, -0.05) is 0 Å². The van der Waals surface area contributed by atoms with E-state index < -0.39 is 23.2 Å². The molecule has 0 spiro atoms. The van der Waals surface area contributed by atoms with E-state index in [1.54, 1.807) is 39.9 Å². The third kappa shape index (κ3) is 7.71. The predicted octanol–water partition coefficient (Wildman–Crippen LogP) is 6.16. The van der Waals surface area contributed by atoms with Crippen LogP contribution in [0.15, 0.2) is 100 Å². The van der Waals surface area contributed by atoms with Crippen molar-refractivity contribution >= 4 is 3.27 Å². The number of aryl methyl sites for hydroxylation is 1. The summed E-state index contributed by atoms with van der Waals surface area (Å²) in [5, 5.41) is 0. The van der Waals surface area contributed by atoms with Gasteiger partial charge in [-0.3, -0.25) is 0 Å². The van der Waals surface area contributed by atoms with E-state index in [2.05, 4.69) is 152 Å². The fourth-order valence-electron chi connectivity index (χ4n) is 8.78. The van der Waals surface area contributed by atoms with E-state index in [1.807, 2.05) is 0 Å². The van der Waals surface area contributed by atoms with Gasteiger partial charge < -0.3 is 24.8 Å². The molecule has 0 saturated carbocycles. The maximum absolute atomic E-state index is 2.68. The van der Waals surface area contributed by atoms with Crippen LogP contribution >= 0.6 is 0 Å². The fraction of sp³-hybridized carbons (Fsp3) is 0.391. The molecule has 0 aliphatic heterocycles. The van der Waals surface area contributed by atoms with Gasteiger partial charge in [-0.05, 0) is 0 Å². The van der Waals surface area contributed by atoms with E-state index in [9.17, 15) is 0 Å². The quantitative estimate of drug-likeness (QED) is 0.143. The van der Waals surface area contributed by atoms with E-state index in [0.29, 0.717) is 11.8 Å². The Morgan fingerprint density at radius 1 is 0.694 bits per heavy atom. The van der Waals surface area contributed by atoms with Crippen LogP contribution < -0.4 is 28.1 Å². The normalized spacial score (nSPS) is 14.6. The van der Waals surface area contributed by atoms with Crippen molar-refractivity contribution in [2.24, 2.45) is 0 Å². The van der Waals surface area contributed by atoms with Gasteiger partial charge in [0.25, 0.3) is 0 Å². The summed E-state index contributed by atoms with van der Waals surface area (Å²) in [5.41, 5.74) is 15.4. The minimum Gasteiger partial charge on any atom is -1.00 e. The van der Waals surface area contributed by atoms with Crippen LogP contribution in [0.4, 0.5) is 0 Å². The first-order chi connectivity index (χ1) is 22.6. The summed E-state index contributed by atoms with van der Waals surface area (Å²) < 4.78 is 3.47. The molecule has 4 aromatic carbocycles. The van der Waals surface area contributed by atoms with Crippen LogP contribution in [0.3, 0.4) is 0 Å². The van der Waals surface area contributed by atoms with Crippen molar-refractivity contribution < 1.29 is 48.0 Å². The van der Waals surface area contributed by atoms with Gasteiger partial charge in [0.2, 0.25) is 0 Å². The second-order valence-electron chi connectivity index (χ2n) is 15.3. The molecule has 2 atom stereocenters. The molecule has 2 aliphatic rings. The summed E-state index contributed by atoms with van der Waals surface area (Å²) in [6.45, 7) is 19.5. The van der Waals surface area contributed by atoms with Crippen molar-refractivity contribution in [2.75, 3.05) is 0 Å². The van der Waals surface area contributed by atoms with Gasteiger partial charge >= 0.3 is 299 Å². The molecule has 0 amide bonds. The number of hydrogen-bond acceptors (Lipinski definition) is 0. The number of allylic oxidation sites excluding steroid dienone is 4. The predicted molar refractivity (Wildman–Crippen MR) is 200 cm³/mol. The SMILES string of the molecule is CCCC(c1cc2c(cc1C)Cc1c-2cc(C(CCC)C(C)(C)c2ccccc2)c(C)[c]1[Zr+2][C]1=CC=CC1)C(C)(C)c1ccccc1.[Cl-].[Cl-]. The molecule has 0 fully saturated rings. The molecule has 3 heteroatoms. The topological polar surface area (TPSA) is 0 Å². The smallest absolute Gasteiger partial charge is 1.00 e. The Kier molecular flexibility index (Phi) is 13.3. The molecule has 2 unspecified atom stereocenters. The molecule has 0 nitrogen and oxygen atoms in total. The van der Waals surface area contributed by atoms with E-state index in [0.717, 1.165) is 12.8 Å². The van der Waals surface area contributed by atoms with E-state index in [-0.39, 0.29) is 35.6 Å². The number of rotatable bonds is 12. The summed E-state index contributed by atoms with van der Waals surface area (Å²) in [6, 6.07) is 30.5. The summed E-state index contributed by atoms with van der Waals surface area (Å²) in [5.74, 6) is 0.928. The third-order valence-corrected chi connectivity index (χ3v) is 15.6. The first-order valence-electron chi connectivity index (χ1n) is 18.1. The molecule has 0 saturated heterocycles. The Morgan fingerprint density at radius 3 is 1.73 bits per heavy atom. The minimum absolute atomic E-state index is 0. The second-order valence-corrected chi connectivity index (χ2v) is 18.8. The molecule has 0 radical (unpaired) electrons. The molecular formula is C46H54Cl2Zr. The monoisotopic (exact) mass is 766 g/mol. The standard InChI is InChI=1S/C41H49.C5H5.2ClH.Zr/c1-9-17-38(40(5,6)32-19-13-11-14-20-32)34-26-36-30(23-28(34)3)25-31-24-29(4)35(27-37(31)36)39(18-10-2)41(7,8)33-21-15-12-16-22-33;1-2-4-5-3-1;;;/h11-16,19-23,26-27,38-39H,9-10,17-18,25H2,1-8H3;1-3H,4H2;2*1H;/q;;;;+2/p-2. The number of hydrogen-bond donors (Lipinski definition) is 0. The van der Waals surface area contributed by atoms with E-state index >= 15 is 0 Å². The Bertz CT molecular complexity index is 1800. The second kappa shape index (κ2) is 16.4. The zero-order valence-corrected chi connectivity index (χ0v) is 34.9. The average Bonchev–Trinajstić information content (AvgIpc) is 3.71. The molecule has 0 N–H and O–H groups in total. The van der Waals surface area contributed by atoms with Gasteiger partial charge in [-0.25, -0.2) is 0 Å². The van der Waals surface area contributed by atoms with Gasteiger partial charge in [0.15, 0.2) is 0 Å². The van der Waals surface area contributed by atoms with Crippen LogP contribution in [0.5, 0.6) is 0 Å². The molecule has 4 aromatic rings. The van der Waals surface area contributed by atoms with Crippen molar-refractivity contribution in [3.05, 3.63) is 145 Å². The first-order valence-corrected chi connectivity index (χ1v) is 20.6. The summed E-state index contributed by atoms with van der Waals surface area (Å²) in [6.07, 6.45) is 14.1. The molecule has 6 rings (SSSR count). The van der Waals surface area contributed by atoms with Crippen LogP contribution in [0.1, 0.15) is 130 Å². The van der Waals surface area contributed by atoms with Crippen molar-refractivity contribution in [2.45, 2.75) is 117 Å². The van der Waals surface area contributed by atoms with Crippen molar-refractivity contribution in [1.82, 2.24) is 0 Å². The van der Waals surface area contributed by atoms with Gasteiger partial charge in [0.05, 0.1) is 0 Å². The largest absolute Gasteiger partial charge is 1.00 e. The molecule has 0 aromatic heterocycles. The molecule has 0 bridgehead atoms. The maximum Gasteiger partial charge on any atom is -1.00 e. The first kappa shape index (κ1) is 39.6. The minimum atomic E-state index is -0.941. The van der Waals surface area contributed by atoms with Crippen LogP contribution in [0, 0.1) is 13.8 Å². The number of fused-ring (bicyclic) bond motifs is 3. The van der Waals surface area contributed by atoms with Crippen LogP contribution in [0.25, 0.3) is 11.1 Å². The van der Waals surface area contributed by atoms with Gasteiger partial charge in [0.1, 0.15) is 0 Å². The Hall–Kier alpha value is -2.18. The summed E-state index contributed by atoms with van der Waals surface area (Å²) in [4.78, 5) is 0. The van der Waals surface area contributed by atoms with Gasteiger partial charge in [0, 0.05) is 0 Å². The van der Waals surface area contributed by atoms with E-state index in [4.69, 9.17) is 0 Å². The van der Waals surface area contributed by atoms with Gasteiger partial charge in [-0.15, -0.1) is 0 Å². The number of halogens is 2. The average molecular weight is 769 g/mol. The zero-order chi connectivity index (χ0) is 33.3. The van der Waals surface area contributed by atoms with Crippen molar-refractivity contribution in [3.8, 4) is 11.1 Å². The summed E-state index contributed by atoms with van der Waals surface area (Å²) in [7, 11) is 0. The summed E-state index contributed by atoms with van der Waals surface area (Å²) >= 11 is -0.941. The van der Waals surface area contributed by atoms with Crippen molar-refractivity contribution in [3.63, 3.8) is 0 Å². The van der Waals surface area contributed by atoms with Crippen molar-refractivity contribution in [1.29, 1.82) is 0 Å². The third-order valence-electron chi connectivity index (χ3n) is 11.6. The van der Waals surface area contributed by atoms with Gasteiger partial charge in [-0.2, -0.15) is 0 Å². The molecule has 49 heavy (non-hydrogen) atoms. The Balaban J connectivity index is 0.00000270. The molecular weight excluding hydrogens is 715 g/mol. The van der Waals surface area contributed by atoms with Crippen LogP contribution in [-0.2, 0) is 40.5 Å². The molecule has 2 aliphatic carbocycles. The fourth-order valence-corrected chi connectivity index (χ4v) is 12.3. The maximum atomic E-state index is 2.68. The molecule has 256 valence electrons. The van der Waals surface area contributed by atoms with Crippen LogP contribution in [-0.4, -0.2) is 0 Å². The molecule has 0 heterocycles. The van der Waals surface area contributed by atoms with Crippen LogP contribution in [0.2, 0.25) is 0 Å². The Morgan fingerprint density at radius 2 is 1.22 bits per heavy atom. The Labute approximate surface area is 321 Å². The van der Waals surface area contributed by atoms with E-state index in [1.165, 1.54) is 47.9 Å².